The second-order valence-corrected chi connectivity index (χ2v) is 6.64. The van der Waals surface area contributed by atoms with E-state index in [9.17, 15) is 14.9 Å². The summed E-state index contributed by atoms with van der Waals surface area (Å²) >= 11 is 0. The van der Waals surface area contributed by atoms with Gasteiger partial charge in [0.1, 0.15) is 12.4 Å². The van der Waals surface area contributed by atoms with Crippen molar-refractivity contribution in [2.75, 3.05) is 6.61 Å². The lowest BCUT2D eigenvalue weighted by molar-refractivity contribution is -0.385. The van der Waals surface area contributed by atoms with Gasteiger partial charge in [-0.2, -0.15) is 0 Å². The molecule has 0 aromatic heterocycles. The summed E-state index contributed by atoms with van der Waals surface area (Å²) in [6.07, 6.45) is 0. The molecule has 0 amide bonds. The lowest BCUT2D eigenvalue weighted by Crippen LogP contribution is -2.41. The van der Waals surface area contributed by atoms with E-state index in [1.807, 2.05) is 20.8 Å². The fraction of sp³-hybridized carbons (Fsp3) is 0.350. The zero-order chi connectivity index (χ0) is 20.0. The first-order chi connectivity index (χ1) is 12.8. The van der Waals surface area contributed by atoms with Gasteiger partial charge in [-0.05, 0) is 45.0 Å². The van der Waals surface area contributed by atoms with Crippen LogP contribution in [-0.4, -0.2) is 39.6 Å². The number of aromatic carboxylic acids is 1. The summed E-state index contributed by atoms with van der Waals surface area (Å²) in [4.78, 5) is 23.9. The normalized spacial score (nSPS) is 12.2. The van der Waals surface area contributed by atoms with E-state index < -0.39 is 5.97 Å². The maximum atomic E-state index is 11.2. The summed E-state index contributed by atoms with van der Waals surface area (Å²) in [7, 11) is 0. The molecule has 0 bridgehead atoms. The Morgan fingerprint density at radius 1 is 1.15 bits per heavy atom. The Hall–Kier alpha value is -2.93. The minimum absolute atomic E-state index is 0.00367. The number of nitro groups is 1. The molecule has 7 heteroatoms. The first-order valence-corrected chi connectivity index (χ1v) is 8.73. The Morgan fingerprint density at radius 3 is 2.33 bits per heavy atom. The van der Waals surface area contributed by atoms with E-state index in [1.165, 1.54) is 18.2 Å². The third-order valence-corrected chi connectivity index (χ3v) is 4.36. The third kappa shape index (κ3) is 5.52. The summed E-state index contributed by atoms with van der Waals surface area (Å²) in [6, 6.07) is 13.1. The molecule has 0 aliphatic carbocycles. The first kappa shape index (κ1) is 20.4. The van der Waals surface area contributed by atoms with Gasteiger partial charge in [-0.15, -0.1) is 0 Å². The van der Waals surface area contributed by atoms with Gasteiger partial charge >= 0.3 is 5.97 Å². The number of carbonyl (C=O) groups is 1. The number of nitrogens with zero attached hydrogens (tertiary/aromatic N) is 2. The number of hydrogen-bond donors (Lipinski definition) is 1. The van der Waals surface area contributed by atoms with Crippen LogP contribution in [0.4, 0.5) is 5.69 Å². The number of hydrogen-bond acceptors (Lipinski definition) is 5. The highest BCUT2D eigenvalue weighted by molar-refractivity contribution is 5.87. The molecule has 1 atom stereocenters. The fourth-order valence-corrected chi connectivity index (χ4v) is 2.87. The van der Waals surface area contributed by atoms with Gasteiger partial charge in [0.15, 0.2) is 0 Å². The summed E-state index contributed by atoms with van der Waals surface area (Å²) in [5.74, 6) is -0.397. The molecule has 2 aromatic rings. The highest BCUT2D eigenvalue weighted by Crippen LogP contribution is 2.22. The smallest absolute Gasteiger partial charge is 0.335 e. The Kier molecular flexibility index (Phi) is 6.90. The predicted octanol–water partition coefficient (Wildman–Crippen LogP) is 3.97. The van der Waals surface area contributed by atoms with Crippen LogP contribution in [0.1, 0.15) is 36.7 Å². The van der Waals surface area contributed by atoms with Crippen LogP contribution in [0.2, 0.25) is 0 Å². The predicted molar refractivity (Wildman–Crippen MR) is 102 cm³/mol. The van der Waals surface area contributed by atoms with Crippen LogP contribution in [0, 0.1) is 10.1 Å². The highest BCUT2D eigenvalue weighted by atomic mass is 16.6. The second-order valence-electron chi connectivity index (χ2n) is 6.64. The Balaban J connectivity index is 2.06. The van der Waals surface area contributed by atoms with Crippen molar-refractivity contribution < 1.29 is 19.6 Å². The van der Waals surface area contributed by atoms with Crippen molar-refractivity contribution in [2.24, 2.45) is 0 Å². The van der Waals surface area contributed by atoms with Crippen LogP contribution >= 0.6 is 0 Å². The van der Waals surface area contributed by atoms with Gasteiger partial charge in [-0.25, -0.2) is 4.79 Å². The molecule has 1 N–H and O–H groups in total. The zero-order valence-corrected chi connectivity index (χ0v) is 15.7. The molecule has 0 heterocycles. The topological polar surface area (TPSA) is 92.9 Å². The lowest BCUT2D eigenvalue weighted by Gasteiger charge is -2.32. The Morgan fingerprint density at radius 2 is 1.78 bits per heavy atom. The monoisotopic (exact) mass is 372 g/mol. The van der Waals surface area contributed by atoms with Gasteiger partial charge in [0.2, 0.25) is 0 Å². The van der Waals surface area contributed by atoms with E-state index in [-0.39, 0.29) is 28.3 Å². The summed E-state index contributed by atoms with van der Waals surface area (Å²) in [5, 5.41) is 20.2. The molecule has 0 saturated heterocycles. The van der Waals surface area contributed by atoms with Crippen molar-refractivity contribution in [3.05, 3.63) is 69.8 Å². The van der Waals surface area contributed by atoms with Crippen LogP contribution < -0.4 is 4.74 Å². The Labute approximate surface area is 158 Å². The van der Waals surface area contributed by atoms with E-state index in [0.29, 0.717) is 24.5 Å². The van der Waals surface area contributed by atoms with Crippen molar-refractivity contribution >= 4 is 11.7 Å². The molecular weight excluding hydrogens is 348 g/mol. The van der Waals surface area contributed by atoms with E-state index in [1.54, 1.807) is 30.3 Å². The molecule has 0 spiro atoms. The fourth-order valence-electron chi connectivity index (χ4n) is 2.87. The highest BCUT2D eigenvalue weighted by Gasteiger charge is 2.22. The number of carboxylic acid groups (broad SMARTS) is 1. The number of benzene rings is 2. The molecule has 0 fully saturated rings. The van der Waals surface area contributed by atoms with Crippen molar-refractivity contribution in [1.82, 2.24) is 4.90 Å². The molecular formula is C20H24N2O5. The van der Waals surface area contributed by atoms with Crippen LogP contribution in [0.5, 0.6) is 5.75 Å². The molecule has 2 rings (SSSR count). The van der Waals surface area contributed by atoms with E-state index in [2.05, 4.69) is 4.90 Å². The van der Waals surface area contributed by atoms with Gasteiger partial charge in [-0.1, -0.05) is 18.2 Å². The number of ether oxygens (including phenoxy) is 1. The minimum atomic E-state index is -0.981. The van der Waals surface area contributed by atoms with Gasteiger partial charge in [0, 0.05) is 30.3 Å². The van der Waals surface area contributed by atoms with Crippen molar-refractivity contribution in [3.63, 3.8) is 0 Å². The van der Waals surface area contributed by atoms with Gasteiger partial charge < -0.3 is 9.84 Å². The van der Waals surface area contributed by atoms with Gasteiger partial charge in [0.25, 0.3) is 5.69 Å². The number of rotatable bonds is 9. The largest absolute Gasteiger partial charge is 0.492 e. The second kappa shape index (κ2) is 9.14. The summed E-state index contributed by atoms with van der Waals surface area (Å²) in [5.41, 5.74) is 0.977. The SMILES string of the molecule is CC(C)N(Cc1ccccc1[N+](=O)[O-])C(C)COc1ccc(C(=O)O)cc1. The molecule has 0 aliphatic heterocycles. The first-order valence-electron chi connectivity index (χ1n) is 8.73. The lowest BCUT2D eigenvalue weighted by atomic mass is 10.1. The van der Waals surface area contributed by atoms with Gasteiger partial charge in [-0.3, -0.25) is 15.0 Å². The number of carboxylic acids is 1. The molecule has 144 valence electrons. The molecule has 0 saturated carbocycles. The zero-order valence-electron chi connectivity index (χ0n) is 15.7. The van der Waals surface area contributed by atoms with Crippen LogP contribution in [0.3, 0.4) is 0 Å². The summed E-state index contributed by atoms with van der Waals surface area (Å²) in [6.45, 7) is 6.89. The molecule has 0 aliphatic rings. The molecule has 2 aromatic carbocycles. The van der Waals surface area contributed by atoms with Crippen LogP contribution in [0.25, 0.3) is 0 Å². The maximum Gasteiger partial charge on any atom is 0.335 e. The number of para-hydroxylation sites is 1. The molecule has 7 nitrogen and oxygen atoms in total. The van der Waals surface area contributed by atoms with Crippen LogP contribution in [-0.2, 0) is 6.54 Å². The molecule has 0 radical (unpaired) electrons. The van der Waals surface area contributed by atoms with E-state index in [4.69, 9.17) is 9.84 Å². The van der Waals surface area contributed by atoms with Crippen molar-refractivity contribution in [1.29, 1.82) is 0 Å². The molecule has 27 heavy (non-hydrogen) atoms. The standard InChI is InChI=1S/C20H24N2O5/c1-14(2)21(12-17-6-4-5-7-19(17)22(25)26)15(3)13-27-18-10-8-16(9-11-18)20(23)24/h4-11,14-15H,12-13H2,1-3H3,(H,23,24). The average Bonchev–Trinajstić information content (AvgIpc) is 2.64. The summed E-state index contributed by atoms with van der Waals surface area (Å²) < 4.78 is 5.78. The quantitative estimate of drug-likeness (QED) is 0.529. The van der Waals surface area contributed by atoms with Crippen molar-refractivity contribution in [2.45, 2.75) is 39.4 Å². The van der Waals surface area contributed by atoms with Crippen molar-refractivity contribution in [3.8, 4) is 5.75 Å². The van der Waals surface area contributed by atoms with E-state index in [0.717, 1.165) is 0 Å². The third-order valence-electron chi connectivity index (χ3n) is 4.36. The average molecular weight is 372 g/mol. The Bertz CT molecular complexity index is 789. The minimum Gasteiger partial charge on any atom is -0.492 e. The van der Waals surface area contributed by atoms with Gasteiger partial charge in [0.05, 0.1) is 10.5 Å². The number of nitro benzene ring substituents is 1. The van der Waals surface area contributed by atoms with E-state index >= 15 is 0 Å². The van der Waals surface area contributed by atoms with Crippen LogP contribution in [0.15, 0.2) is 48.5 Å². The molecule has 1 unspecified atom stereocenters. The maximum absolute atomic E-state index is 11.2.